The summed E-state index contributed by atoms with van der Waals surface area (Å²) in [6.07, 6.45) is 12.0. The summed E-state index contributed by atoms with van der Waals surface area (Å²) in [4.78, 5) is 0. The zero-order chi connectivity index (χ0) is 16.6. The highest BCUT2D eigenvalue weighted by molar-refractivity contribution is 9.10. The van der Waals surface area contributed by atoms with Crippen LogP contribution in [-0.4, -0.2) is 25.0 Å². The van der Waals surface area contributed by atoms with E-state index in [-0.39, 0.29) is 10.0 Å². The van der Waals surface area contributed by atoms with Crippen molar-refractivity contribution < 1.29 is 0 Å². The molecule has 0 atom stereocenters. The molecule has 0 aliphatic rings. The molecule has 0 spiro atoms. The number of halogens is 1. The smallest absolute Gasteiger partial charge is 0.0178 e. The molecule has 0 bridgehead atoms. The SMILES string of the molecule is C=CCC.CC.CS(C)(C)C.NCc1ccc(Br)cc1. The second-order valence-electron chi connectivity index (χ2n) is 4.98. The highest BCUT2D eigenvalue weighted by atomic mass is 79.9. The van der Waals surface area contributed by atoms with Crippen LogP contribution in [0.5, 0.6) is 0 Å². The molecule has 1 aromatic carbocycles. The van der Waals surface area contributed by atoms with E-state index in [2.05, 4.69) is 54.5 Å². The van der Waals surface area contributed by atoms with Gasteiger partial charge < -0.3 is 5.73 Å². The predicted molar refractivity (Wildman–Crippen MR) is 105 cm³/mol. The quantitative estimate of drug-likeness (QED) is 0.657. The van der Waals surface area contributed by atoms with Gasteiger partial charge in [0, 0.05) is 11.0 Å². The summed E-state index contributed by atoms with van der Waals surface area (Å²) in [7, 11) is -0.167. The minimum atomic E-state index is -0.167. The van der Waals surface area contributed by atoms with E-state index in [1.807, 2.05) is 44.2 Å². The molecule has 2 N–H and O–H groups in total. The monoisotopic (exact) mass is 363 g/mol. The van der Waals surface area contributed by atoms with Crippen molar-refractivity contribution >= 4 is 26.0 Å². The fraction of sp³-hybridized carbons (Fsp3) is 0.529. The Labute approximate surface area is 137 Å². The molecule has 3 heteroatoms. The third-order valence-electron chi connectivity index (χ3n) is 1.44. The topological polar surface area (TPSA) is 26.0 Å². The maximum Gasteiger partial charge on any atom is 0.0178 e. The van der Waals surface area contributed by atoms with Crippen molar-refractivity contribution in [1.82, 2.24) is 0 Å². The predicted octanol–water partition coefficient (Wildman–Crippen LogP) is 5.83. The number of hydrogen-bond acceptors (Lipinski definition) is 1. The normalized spacial score (nSPS) is 9.65. The summed E-state index contributed by atoms with van der Waals surface area (Å²) in [5.74, 6) is 0. The van der Waals surface area contributed by atoms with Crippen molar-refractivity contribution in [2.75, 3.05) is 25.0 Å². The molecule has 0 saturated heterocycles. The van der Waals surface area contributed by atoms with E-state index < -0.39 is 0 Å². The molecule has 0 saturated carbocycles. The highest BCUT2D eigenvalue weighted by Gasteiger charge is 1.87. The Bertz CT molecular complexity index is 296. The van der Waals surface area contributed by atoms with Gasteiger partial charge in [0.05, 0.1) is 0 Å². The fourth-order valence-electron chi connectivity index (χ4n) is 0.620. The van der Waals surface area contributed by atoms with Crippen LogP contribution in [0.25, 0.3) is 0 Å². The Hall–Kier alpha value is -0.250. The number of nitrogens with two attached hydrogens (primary N) is 1. The second kappa shape index (κ2) is 16.8. The van der Waals surface area contributed by atoms with Gasteiger partial charge in [-0.2, -0.15) is 0 Å². The molecule has 0 unspecified atom stereocenters. The first-order valence-corrected chi connectivity index (χ1v) is 11.0. The molecule has 0 radical (unpaired) electrons. The second-order valence-corrected chi connectivity index (χ2v) is 10.8. The van der Waals surface area contributed by atoms with Gasteiger partial charge in [0.2, 0.25) is 0 Å². The Balaban J connectivity index is -0.000000226. The lowest BCUT2D eigenvalue weighted by molar-refractivity contribution is 1.07. The van der Waals surface area contributed by atoms with Crippen LogP contribution in [0, 0.1) is 0 Å². The number of rotatable bonds is 2. The third-order valence-corrected chi connectivity index (χ3v) is 1.97. The minimum Gasteiger partial charge on any atom is -0.326 e. The number of hydrogen-bond donors (Lipinski definition) is 1. The lowest BCUT2D eigenvalue weighted by atomic mass is 10.2. The Morgan fingerprint density at radius 2 is 1.40 bits per heavy atom. The first-order chi connectivity index (χ1) is 9.24. The molecule has 0 fully saturated rings. The average Bonchev–Trinajstić information content (AvgIpc) is 2.40. The molecular formula is C17H34BrNS. The van der Waals surface area contributed by atoms with Crippen LogP contribution in [0.2, 0.25) is 0 Å². The van der Waals surface area contributed by atoms with Gasteiger partial charge >= 0.3 is 0 Å². The van der Waals surface area contributed by atoms with E-state index in [4.69, 9.17) is 5.73 Å². The standard InChI is InChI=1S/C7H8BrN.C4H12S.C4H8.C2H6/c8-7-3-1-6(5-9)2-4-7;1-5(2,3)4;1-3-4-2;1-2/h1-4H,5,9H2;1-4H3;3H,1,4H2,2H3;1-2H3. The summed E-state index contributed by atoms with van der Waals surface area (Å²) in [6, 6.07) is 7.98. The van der Waals surface area contributed by atoms with Gasteiger partial charge in [0.25, 0.3) is 0 Å². The first kappa shape index (κ1) is 24.7. The lowest BCUT2D eigenvalue weighted by Crippen LogP contribution is -1.94. The summed E-state index contributed by atoms with van der Waals surface area (Å²) in [5.41, 5.74) is 6.55. The van der Waals surface area contributed by atoms with Gasteiger partial charge in [-0.05, 0) is 49.1 Å². The molecule has 120 valence electrons. The minimum absolute atomic E-state index is 0.167. The van der Waals surface area contributed by atoms with Crippen molar-refractivity contribution in [2.24, 2.45) is 5.73 Å². The van der Waals surface area contributed by atoms with E-state index in [1.165, 1.54) is 5.56 Å². The molecule has 0 aliphatic carbocycles. The van der Waals surface area contributed by atoms with Crippen LogP contribution in [0.1, 0.15) is 32.8 Å². The molecular weight excluding hydrogens is 330 g/mol. The summed E-state index contributed by atoms with van der Waals surface area (Å²) >= 11 is 3.33. The fourth-order valence-corrected chi connectivity index (χ4v) is 0.885. The summed E-state index contributed by atoms with van der Waals surface area (Å²) in [5, 5.41) is 0. The molecule has 20 heavy (non-hydrogen) atoms. The van der Waals surface area contributed by atoms with Gasteiger partial charge in [0.1, 0.15) is 0 Å². The van der Waals surface area contributed by atoms with E-state index >= 15 is 0 Å². The van der Waals surface area contributed by atoms with Crippen molar-refractivity contribution in [3.8, 4) is 0 Å². The van der Waals surface area contributed by atoms with Crippen molar-refractivity contribution in [2.45, 2.75) is 33.7 Å². The van der Waals surface area contributed by atoms with Crippen LogP contribution in [-0.2, 0) is 6.54 Å². The van der Waals surface area contributed by atoms with Crippen molar-refractivity contribution in [3.05, 3.63) is 47.0 Å². The molecule has 1 rings (SSSR count). The third kappa shape index (κ3) is 30.6. The molecule has 0 heterocycles. The molecule has 1 nitrogen and oxygen atoms in total. The van der Waals surface area contributed by atoms with Crippen LogP contribution in [0.4, 0.5) is 0 Å². The zero-order valence-corrected chi connectivity index (χ0v) is 16.8. The van der Waals surface area contributed by atoms with Gasteiger partial charge in [-0.3, -0.25) is 10.0 Å². The highest BCUT2D eigenvalue weighted by Crippen LogP contribution is 2.27. The Morgan fingerprint density at radius 1 is 1.10 bits per heavy atom. The number of allylic oxidation sites excluding steroid dienone is 1. The van der Waals surface area contributed by atoms with Gasteiger partial charge in [-0.15, -0.1) is 6.58 Å². The van der Waals surface area contributed by atoms with E-state index in [0.717, 1.165) is 10.9 Å². The maximum absolute atomic E-state index is 5.38. The Kier molecular flexibility index (Phi) is 20.8. The van der Waals surface area contributed by atoms with Crippen LogP contribution in [0.3, 0.4) is 0 Å². The zero-order valence-electron chi connectivity index (χ0n) is 14.4. The van der Waals surface area contributed by atoms with E-state index in [1.54, 1.807) is 0 Å². The van der Waals surface area contributed by atoms with E-state index in [9.17, 15) is 0 Å². The summed E-state index contributed by atoms with van der Waals surface area (Å²) in [6.45, 7) is 10.2. The van der Waals surface area contributed by atoms with Gasteiger partial charge in [-0.25, -0.2) is 0 Å². The molecule has 1 aromatic rings. The molecule has 0 amide bonds. The lowest BCUT2D eigenvalue weighted by Gasteiger charge is -2.15. The van der Waals surface area contributed by atoms with Gasteiger partial charge in [-0.1, -0.05) is 54.9 Å². The van der Waals surface area contributed by atoms with Gasteiger partial charge in [0.15, 0.2) is 0 Å². The largest absolute Gasteiger partial charge is 0.326 e. The average molecular weight is 364 g/mol. The van der Waals surface area contributed by atoms with Crippen molar-refractivity contribution in [3.63, 3.8) is 0 Å². The molecule has 0 aromatic heterocycles. The Morgan fingerprint density at radius 3 is 1.60 bits per heavy atom. The maximum atomic E-state index is 5.38. The van der Waals surface area contributed by atoms with Crippen LogP contribution >= 0.6 is 26.0 Å². The van der Waals surface area contributed by atoms with Crippen molar-refractivity contribution in [1.29, 1.82) is 0 Å². The summed E-state index contributed by atoms with van der Waals surface area (Å²) < 4.78 is 1.10. The first-order valence-electron chi connectivity index (χ1n) is 6.93. The number of benzene rings is 1. The van der Waals surface area contributed by atoms with Crippen LogP contribution < -0.4 is 5.73 Å². The van der Waals surface area contributed by atoms with Crippen LogP contribution in [0.15, 0.2) is 41.4 Å². The molecule has 0 aliphatic heterocycles. The van der Waals surface area contributed by atoms with E-state index in [0.29, 0.717) is 6.54 Å².